The summed E-state index contributed by atoms with van der Waals surface area (Å²) in [5.74, 6) is 2.70. The molecule has 3 aromatic rings. The number of anilines is 3. The standard InChI is InChI=1S/C24H27ClN6O2/c1-17-5-4-6-20(26-17)27-21-11-12-22(29-28-21)30-13-15-31(16-14-30)23(32)24(2,3)33-19-9-7-18(25)8-10-19/h4-12H,13-16H2,1-3H3,(H,26,27,28). The Morgan fingerprint density at radius 2 is 1.70 bits per heavy atom. The molecule has 0 radical (unpaired) electrons. The summed E-state index contributed by atoms with van der Waals surface area (Å²) in [6, 6.07) is 16.6. The highest BCUT2D eigenvalue weighted by atomic mass is 35.5. The molecule has 1 fully saturated rings. The molecule has 1 aliphatic heterocycles. The Balaban J connectivity index is 1.32. The lowest BCUT2D eigenvalue weighted by atomic mass is 10.1. The van der Waals surface area contributed by atoms with E-state index >= 15 is 0 Å². The smallest absolute Gasteiger partial charge is 0.266 e. The predicted molar refractivity (Wildman–Crippen MR) is 129 cm³/mol. The number of nitrogens with zero attached hydrogens (tertiary/aromatic N) is 5. The van der Waals surface area contributed by atoms with E-state index in [0.717, 1.165) is 17.3 Å². The van der Waals surface area contributed by atoms with Crippen molar-refractivity contribution in [3.8, 4) is 5.75 Å². The molecule has 0 atom stereocenters. The van der Waals surface area contributed by atoms with Crippen molar-refractivity contribution in [1.29, 1.82) is 0 Å². The minimum Gasteiger partial charge on any atom is -0.478 e. The van der Waals surface area contributed by atoms with Crippen LogP contribution in [-0.2, 0) is 4.79 Å². The van der Waals surface area contributed by atoms with Crippen LogP contribution in [0.5, 0.6) is 5.75 Å². The predicted octanol–water partition coefficient (Wildman–Crippen LogP) is 4.08. The topological polar surface area (TPSA) is 83.5 Å². The quantitative estimate of drug-likeness (QED) is 0.585. The number of hydrogen-bond donors (Lipinski definition) is 1. The molecule has 1 amide bonds. The molecule has 0 bridgehead atoms. The maximum atomic E-state index is 13.1. The summed E-state index contributed by atoms with van der Waals surface area (Å²) in [6.07, 6.45) is 0. The van der Waals surface area contributed by atoms with Gasteiger partial charge < -0.3 is 19.9 Å². The molecule has 9 heteroatoms. The number of hydrogen-bond acceptors (Lipinski definition) is 7. The van der Waals surface area contributed by atoms with E-state index in [0.29, 0.717) is 42.8 Å². The summed E-state index contributed by atoms with van der Waals surface area (Å²) in [5.41, 5.74) is -0.0498. The zero-order valence-electron chi connectivity index (χ0n) is 19.0. The van der Waals surface area contributed by atoms with Crippen molar-refractivity contribution < 1.29 is 9.53 Å². The van der Waals surface area contributed by atoms with Gasteiger partial charge in [0.05, 0.1) is 0 Å². The van der Waals surface area contributed by atoms with Gasteiger partial charge in [-0.05, 0) is 69.3 Å². The summed E-state index contributed by atoms with van der Waals surface area (Å²) in [7, 11) is 0. The molecule has 0 saturated carbocycles. The third-order valence-electron chi connectivity index (χ3n) is 5.39. The lowest BCUT2D eigenvalue weighted by Crippen LogP contribution is -2.56. The van der Waals surface area contributed by atoms with Gasteiger partial charge in [-0.1, -0.05) is 17.7 Å². The minimum absolute atomic E-state index is 0.0478. The van der Waals surface area contributed by atoms with Crippen molar-refractivity contribution in [3.63, 3.8) is 0 Å². The molecule has 2 aromatic heterocycles. The fourth-order valence-corrected chi connectivity index (χ4v) is 3.79. The van der Waals surface area contributed by atoms with Crippen LogP contribution in [0.1, 0.15) is 19.5 Å². The minimum atomic E-state index is -0.979. The van der Waals surface area contributed by atoms with Gasteiger partial charge in [0.2, 0.25) is 0 Å². The van der Waals surface area contributed by atoms with Crippen molar-refractivity contribution in [2.24, 2.45) is 0 Å². The fourth-order valence-electron chi connectivity index (χ4n) is 3.66. The lowest BCUT2D eigenvalue weighted by Gasteiger charge is -2.38. The Bertz CT molecular complexity index is 1100. The Labute approximate surface area is 198 Å². The molecule has 8 nitrogen and oxygen atoms in total. The van der Waals surface area contributed by atoms with E-state index in [1.807, 2.05) is 42.2 Å². The van der Waals surface area contributed by atoms with E-state index in [1.165, 1.54) is 0 Å². The van der Waals surface area contributed by atoms with Gasteiger partial charge in [0.15, 0.2) is 17.2 Å². The number of carbonyl (C=O) groups is 1. The molecule has 0 aliphatic carbocycles. The second-order valence-corrected chi connectivity index (χ2v) is 8.85. The molecule has 1 aliphatic rings. The average molecular weight is 467 g/mol. The zero-order chi connectivity index (χ0) is 23.4. The molecule has 0 unspecified atom stereocenters. The number of rotatable bonds is 6. The molecule has 172 valence electrons. The monoisotopic (exact) mass is 466 g/mol. The first-order valence-corrected chi connectivity index (χ1v) is 11.2. The largest absolute Gasteiger partial charge is 0.478 e. The van der Waals surface area contributed by atoms with Crippen LogP contribution in [0.25, 0.3) is 0 Å². The summed E-state index contributed by atoms with van der Waals surface area (Å²) in [6.45, 7) is 8.03. The molecule has 1 saturated heterocycles. The Hall–Kier alpha value is -3.39. The Morgan fingerprint density at radius 1 is 0.970 bits per heavy atom. The fraction of sp³-hybridized carbons (Fsp3) is 0.333. The zero-order valence-corrected chi connectivity index (χ0v) is 19.7. The van der Waals surface area contributed by atoms with Gasteiger partial charge in [-0.2, -0.15) is 0 Å². The molecule has 3 heterocycles. The van der Waals surface area contributed by atoms with Crippen LogP contribution in [-0.4, -0.2) is 57.8 Å². The first-order valence-electron chi connectivity index (χ1n) is 10.8. The first-order chi connectivity index (χ1) is 15.8. The molecule has 0 spiro atoms. The van der Waals surface area contributed by atoms with Crippen LogP contribution in [0, 0.1) is 6.92 Å². The van der Waals surface area contributed by atoms with Gasteiger partial charge in [-0.3, -0.25) is 4.79 Å². The van der Waals surface area contributed by atoms with Crippen molar-refractivity contribution >= 4 is 35.0 Å². The van der Waals surface area contributed by atoms with Gasteiger partial charge in [0, 0.05) is 36.9 Å². The first kappa shape index (κ1) is 22.8. The number of halogens is 1. The second-order valence-electron chi connectivity index (χ2n) is 8.41. The van der Waals surface area contributed by atoms with Gasteiger partial charge >= 0.3 is 0 Å². The third kappa shape index (κ3) is 5.70. The number of pyridine rings is 1. The van der Waals surface area contributed by atoms with E-state index < -0.39 is 5.60 Å². The van der Waals surface area contributed by atoms with Crippen LogP contribution in [0.15, 0.2) is 54.6 Å². The summed E-state index contributed by atoms with van der Waals surface area (Å²) < 4.78 is 5.95. The van der Waals surface area contributed by atoms with Gasteiger partial charge in [0.25, 0.3) is 5.91 Å². The number of aromatic nitrogens is 3. The third-order valence-corrected chi connectivity index (χ3v) is 5.64. The summed E-state index contributed by atoms with van der Waals surface area (Å²) in [5, 5.41) is 12.4. The molecular formula is C24H27ClN6O2. The number of nitrogens with one attached hydrogen (secondary N) is 1. The van der Waals surface area contributed by atoms with E-state index in [9.17, 15) is 4.79 Å². The normalized spacial score (nSPS) is 14.2. The summed E-state index contributed by atoms with van der Waals surface area (Å²) >= 11 is 5.93. The maximum Gasteiger partial charge on any atom is 0.266 e. The second kappa shape index (κ2) is 9.62. The molecule has 4 rings (SSSR count). The van der Waals surface area contributed by atoms with E-state index in [-0.39, 0.29) is 5.91 Å². The van der Waals surface area contributed by atoms with Crippen molar-refractivity contribution in [2.75, 3.05) is 36.4 Å². The Kier molecular flexibility index (Phi) is 6.65. The lowest BCUT2D eigenvalue weighted by molar-refractivity contribution is -0.145. The number of ether oxygens (including phenoxy) is 1. The number of carbonyl (C=O) groups excluding carboxylic acids is 1. The molecule has 33 heavy (non-hydrogen) atoms. The SMILES string of the molecule is Cc1cccc(Nc2ccc(N3CCN(C(=O)C(C)(C)Oc4ccc(Cl)cc4)CC3)nn2)n1. The van der Waals surface area contributed by atoms with Crippen LogP contribution in [0.2, 0.25) is 5.02 Å². The Morgan fingerprint density at radius 3 is 2.33 bits per heavy atom. The maximum absolute atomic E-state index is 13.1. The average Bonchev–Trinajstić information content (AvgIpc) is 2.81. The molecule has 1 aromatic carbocycles. The van der Waals surface area contributed by atoms with Crippen molar-refractivity contribution in [2.45, 2.75) is 26.4 Å². The van der Waals surface area contributed by atoms with Crippen LogP contribution >= 0.6 is 11.6 Å². The number of aryl methyl sites for hydroxylation is 1. The highest BCUT2D eigenvalue weighted by Gasteiger charge is 2.36. The van der Waals surface area contributed by atoms with Crippen LogP contribution in [0.3, 0.4) is 0 Å². The summed E-state index contributed by atoms with van der Waals surface area (Å²) in [4.78, 5) is 21.5. The van der Waals surface area contributed by atoms with Crippen molar-refractivity contribution in [3.05, 3.63) is 65.3 Å². The van der Waals surface area contributed by atoms with Gasteiger partial charge in [0.1, 0.15) is 11.6 Å². The van der Waals surface area contributed by atoms with Gasteiger partial charge in [-0.25, -0.2) is 4.98 Å². The number of piperazine rings is 1. The molecule has 1 N–H and O–H groups in total. The number of amides is 1. The van der Waals surface area contributed by atoms with Crippen LogP contribution in [0.4, 0.5) is 17.5 Å². The van der Waals surface area contributed by atoms with Crippen molar-refractivity contribution in [1.82, 2.24) is 20.1 Å². The highest BCUT2D eigenvalue weighted by molar-refractivity contribution is 6.30. The van der Waals surface area contributed by atoms with Gasteiger partial charge in [-0.15, -0.1) is 10.2 Å². The van der Waals surface area contributed by atoms with E-state index in [1.54, 1.807) is 38.1 Å². The van der Waals surface area contributed by atoms with E-state index in [2.05, 4.69) is 25.4 Å². The number of benzene rings is 1. The van der Waals surface area contributed by atoms with E-state index in [4.69, 9.17) is 16.3 Å². The van der Waals surface area contributed by atoms with Crippen LogP contribution < -0.4 is 15.0 Å². The highest BCUT2D eigenvalue weighted by Crippen LogP contribution is 2.24. The molecular weight excluding hydrogens is 440 g/mol.